The standard InChI is InChI=1S/C32H22N10O14/c1-55-25-10-6-19(7-11-25)35(33-31-27(39(47)48)15-23(37(43)44)16-28(31)40(49)50)21-4-3-5-22(14-21)36(20-8-12-26(56-2)13-9-20)34-32-29(41(51)52)17-24(38(45)46)18-30(32)42(53)54/h3-18H,1-2H3. The molecule has 0 fully saturated rings. The molecule has 0 N–H and O–H groups in total. The molecule has 0 bridgehead atoms. The highest BCUT2D eigenvalue weighted by Crippen LogP contribution is 2.44. The molecular formula is C32H22N10O14. The summed E-state index contributed by atoms with van der Waals surface area (Å²) in [7, 11) is 2.75. The van der Waals surface area contributed by atoms with E-state index in [-0.39, 0.29) is 22.7 Å². The minimum Gasteiger partial charge on any atom is -0.497 e. The van der Waals surface area contributed by atoms with Crippen molar-refractivity contribution in [1.82, 2.24) is 10.9 Å². The van der Waals surface area contributed by atoms with Crippen molar-refractivity contribution >= 4 is 68.2 Å². The molecule has 0 saturated heterocycles. The quantitative estimate of drug-likeness (QED) is 0.0711. The van der Waals surface area contributed by atoms with Crippen LogP contribution in [-0.2, 0) is 0 Å². The van der Waals surface area contributed by atoms with Crippen LogP contribution in [0.1, 0.15) is 0 Å². The summed E-state index contributed by atoms with van der Waals surface area (Å²) in [5.74, 6) is 0.705. The highest BCUT2D eigenvalue weighted by molar-refractivity contribution is 5.80. The Bertz CT molecular complexity index is 2160. The van der Waals surface area contributed by atoms with E-state index in [4.69, 9.17) is 9.47 Å². The monoisotopic (exact) mass is 770 g/mol. The Balaban J connectivity index is 1.75. The van der Waals surface area contributed by atoms with E-state index in [0.717, 1.165) is 10.0 Å². The van der Waals surface area contributed by atoms with Gasteiger partial charge in [0.1, 0.15) is 11.5 Å². The first kappa shape index (κ1) is 38.5. The van der Waals surface area contributed by atoms with Gasteiger partial charge in [0.15, 0.2) is 0 Å². The average molecular weight is 771 g/mol. The van der Waals surface area contributed by atoms with Gasteiger partial charge >= 0.3 is 22.7 Å². The molecule has 284 valence electrons. The second-order valence-corrected chi connectivity index (χ2v) is 10.9. The van der Waals surface area contributed by atoms with Crippen molar-refractivity contribution in [2.24, 2.45) is 0 Å². The molecule has 0 amide bonds. The van der Waals surface area contributed by atoms with Gasteiger partial charge in [-0.2, -0.15) is 10.9 Å². The van der Waals surface area contributed by atoms with Gasteiger partial charge in [-0.05, 0) is 66.7 Å². The summed E-state index contributed by atoms with van der Waals surface area (Å²) in [5, 5.41) is 73.6. The molecule has 5 aromatic carbocycles. The number of methoxy groups -OCH3 is 2. The first-order chi connectivity index (χ1) is 26.6. The zero-order valence-electron chi connectivity index (χ0n) is 28.4. The summed E-state index contributed by atoms with van der Waals surface area (Å²) in [6.45, 7) is 0. The number of non-ortho nitro benzene ring substituents is 2. The molecule has 0 aliphatic heterocycles. The molecule has 0 heterocycles. The highest BCUT2D eigenvalue weighted by Gasteiger charge is 2.36. The normalized spacial score (nSPS) is 10.5. The van der Waals surface area contributed by atoms with Gasteiger partial charge in [0.25, 0.3) is 11.4 Å². The molecule has 56 heavy (non-hydrogen) atoms. The van der Waals surface area contributed by atoms with Crippen LogP contribution in [0.4, 0.5) is 68.2 Å². The third kappa shape index (κ3) is 8.02. The van der Waals surface area contributed by atoms with E-state index in [1.54, 1.807) is 0 Å². The van der Waals surface area contributed by atoms with Gasteiger partial charge in [-0.1, -0.05) is 6.07 Å². The van der Waals surface area contributed by atoms with Crippen LogP contribution in [0.25, 0.3) is 0 Å². The Kier molecular flexibility index (Phi) is 10.9. The molecule has 24 nitrogen and oxygen atoms in total. The summed E-state index contributed by atoms with van der Waals surface area (Å²) in [6.07, 6.45) is 0. The Hall–Kier alpha value is -8.70. The Morgan fingerprint density at radius 1 is 0.429 bits per heavy atom. The fraction of sp³-hybridized carbons (Fsp3) is 0.0625. The van der Waals surface area contributed by atoms with E-state index < -0.39 is 75.0 Å². The molecule has 24 heteroatoms. The molecule has 2 radical (unpaired) electrons. The smallest absolute Gasteiger partial charge is 0.310 e. The van der Waals surface area contributed by atoms with Crippen LogP contribution < -0.4 is 30.3 Å². The maximum Gasteiger partial charge on any atom is 0.310 e. The Morgan fingerprint density at radius 3 is 0.982 bits per heavy atom. The van der Waals surface area contributed by atoms with Crippen LogP contribution in [0, 0.1) is 60.7 Å². The van der Waals surface area contributed by atoms with Gasteiger partial charge in [0, 0.05) is 0 Å². The molecule has 0 aliphatic carbocycles. The Morgan fingerprint density at radius 2 is 0.732 bits per heavy atom. The summed E-state index contributed by atoms with van der Waals surface area (Å²) in [5.41, 5.74) is 0.660. The van der Waals surface area contributed by atoms with Gasteiger partial charge in [-0.15, -0.1) is 0 Å². The zero-order valence-corrected chi connectivity index (χ0v) is 28.4. The topological polar surface area (TPSA) is 312 Å². The van der Waals surface area contributed by atoms with Gasteiger partial charge in [0.05, 0.1) is 90.8 Å². The lowest BCUT2D eigenvalue weighted by Gasteiger charge is -2.27. The molecule has 0 aromatic heterocycles. The van der Waals surface area contributed by atoms with Crippen LogP contribution in [0.2, 0.25) is 0 Å². The fourth-order valence-corrected chi connectivity index (χ4v) is 5.08. The largest absolute Gasteiger partial charge is 0.497 e. The van der Waals surface area contributed by atoms with Crippen molar-refractivity contribution in [2.75, 3.05) is 24.2 Å². The molecule has 0 atom stereocenters. The van der Waals surface area contributed by atoms with Crippen LogP contribution in [-0.4, -0.2) is 43.8 Å². The van der Waals surface area contributed by atoms with Crippen molar-refractivity contribution in [3.05, 3.63) is 158 Å². The number of anilines is 4. The third-order valence-electron chi connectivity index (χ3n) is 7.67. The lowest BCUT2D eigenvalue weighted by atomic mass is 10.2. The minimum atomic E-state index is -1.09. The maximum absolute atomic E-state index is 12.1. The molecule has 5 rings (SSSR count). The SMILES string of the molecule is COc1ccc(N([N]c2c([N+](=O)[O-])cc([N+](=O)[O-])cc2[N+](=O)[O-])c2cccc(N([N]c3c([N+](=O)[O-])cc([N+](=O)[O-])cc3[N+](=O)[O-])c3ccc(OC)cc3)c2)cc1. The van der Waals surface area contributed by atoms with Crippen LogP contribution in [0.5, 0.6) is 11.5 Å². The second-order valence-electron chi connectivity index (χ2n) is 10.9. The van der Waals surface area contributed by atoms with Crippen LogP contribution in [0.3, 0.4) is 0 Å². The van der Waals surface area contributed by atoms with Crippen molar-refractivity contribution < 1.29 is 39.0 Å². The molecule has 0 aliphatic rings. The number of nitro benzene ring substituents is 6. The van der Waals surface area contributed by atoms with Crippen molar-refractivity contribution in [2.45, 2.75) is 0 Å². The summed E-state index contributed by atoms with van der Waals surface area (Å²) < 4.78 is 10.4. The van der Waals surface area contributed by atoms with Crippen molar-refractivity contribution in [3.8, 4) is 11.5 Å². The van der Waals surface area contributed by atoms with Gasteiger partial charge < -0.3 is 9.47 Å². The van der Waals surface area contributed by atoms with Crippen molar-refractivity contribution in [3.63, 3.8) is 0 Å². The van der Waals surface area contributed by atoms with E-state index >= 15 is 0 Å². The molecule has 0 unspecified atom stereocenters. The average Bonchev–Trinajstić information content (AvgIpc) is 3.18. The van der Waals surface area contributed by atoms with E-state index in [1.165, 1.54) is 87.0 Å². The van der Waals surface area contributed by atoms with Gasteiger partial charge in [0.2, 0.25) is 11.4 Å². The predicted molar refractivity (Wildman–Crippen MR) is 193 cm³/mol. The number of benzene rings is 5. The van der Waals surface area contributed by atoms with E-state index in [2.05, 4.69) is 10.9 Å². The van der Waals surface area contributed by atoms with E-state index in [9.17, 15) is 60.7 Å². The first-order valence-corrected chi connectivity index (χ1v) is 15.3. The Labute approximate surface area is 311 Å². The van der Waals surface area contributed by atoms with Crippen molar-refractivity contribution in [1.29, 1.82) is 0 Å². The van der Waals surface area contributed by atoms with Crippen LogP contribution >= 0.6 is 0 Å². The molecule has 0 spiro atoms. The maximum atomic E-state index is 12.1. The number of rotatable bonds is 16. The zero-order chi connectivity index (χ0) is 40.8. The first-order valence-electron chi connectivity index (χ1n) is 15.3. The second kappa shape index (κ2) is 15.9. The number of hydrogen-bond acceptors (Lipinski definition) is 16. The third-order valence-corrected chi connectivity index (χ3v) is 7.67. The van der Waals surface area contributed by atoms with Gasteiger partial charge in [-0.25, -0.2) is 10.0 Å². The number of ether oxygens (including phenoxy) is 2. The van der Waals surface area contributed by atoms with Crippen LogP contribution in [0.15, 0.2) is 97.1 Å². The molecular weight excluding hydrogens is 748 g/mol. The van der Waals surface area contributed by atoms with E-state index in [0.29, 0.717) is 35.8 Å². The number of nitro groups is 6. The molecule has 5 aromatic rings. The fourth-order valence-electron chi connectivity index (χ4n) is 5.08. The minimum absolute atomic E-state index is 0.0176. The summed E-state index contributed by atoms with van der Waals surface area (Å²) >= 11 is 0. The van der Waals surface area contributed by atoms with Gasteiger partial charge in [-0.3, -0.25) is 60.7 Å². The number of hydrogen-bond donors (Lipinski definition) is 0. The lowest BCUT2D eigenvalue weighted by Crippen LogP contribution is -2.27. The predicted octanol–water partition coefficient (Wildman–Crippen LogP) is 7.13. The van der Waals surface area contributed by atoms with E-state index in [1.807, 2.05) is 0 Å². The summed E-state index contributed by atoms with van der Waals surface area (Å²) in [4.78, 5) is 65.2. The summed E-state index contributed by atoms with van der Waals surface area (Å²) in [6, 6.07) is 19.0. The highest BCUT2D eigenvalue weighted by atomic mass is 16.6. The molecule has 0 saturated carbocycles. The number of nitrogens with zero attached hydrogens (tertiary/aromatic N) is 10. The lowest BCUT2D eigenvalue weighted by molar-refractivity contribution is -0.402.